The van der Waals surface area contributed by atoms with Crippen LogP contribution in [0.15, 0.2) is 22.6 Å². The molecule has 0 N–H and O–H groups in total. The summed E-state index contributed by atoms with van der Waals surface area (Å²) < 4.78 is 30.4. The van der Waals surface area contributed by atoms with Gasteiger partial charge in [0.25, 0.3) is 0 Å². The third-order valence-electron chi connectivity index (χ3n) is 3.78. The Hall–Kier alpha value is -1.03. The molecule has 0 amide bonds. The van der Waals surface area contributed by atoms with E-state index in [9.17, 15) is 8.60 Å². The highest BCUT2D eigenvalue weighted by molar-refractivity contribution is 7.85. The van der Waals surface area contributed by atoms with Crippen LogP contribution in [0.25, 0.3) is 0 Å². The van der Waals surface area contributed by atoms with Crippen molar-refractivity contribution in [1.29, 1.82) is 0 Å². The number of hydrogen-bond donors (Lipinski definition) is 0. The fourth-order valence-corrected chi connectivity index (χ4v) is 2.67. The second-order valence-corrected chi connectivity index (χ2v) is 8.67. The first-order valence-corrected chi connectivity index (χ1v) is 8.02. The summed E-state index contributed by atoms with van der Waals surface area (Å²) in [5, 5.41) is 0. The molecule has 1 unspecified atom stereocenters. The first-order valence-electron chi connectivity index (χ1n) is 6.92. The normalized spacial score (nSPS) is 19.8. The quantitative estimate of drug-likeness (QED) is 0.770. The molecule has 110 valence electrons. The van der Waals surface area contributed by atoms with Gasteiger partial charge in [-0.1, -0.05) is 25.1 Å². The molecule has 1 aromatic rings. The zero-order valence-corrected chi connectivity index (χ0v) is 13.6. The van der Waals surface area contributed by atoms with Gasteiger partial charge in [-0.05, 0) is 51.5 Å². The van der Waals surface area contributed by atoms with Gasteiger partial charge in [0.15, 0.2) is 0 Å². The fourth-order valence-electron chi connectivity index (χ4n) is 2.04. The van der Waals surface area contributed by atoms with Crippen molar-refractivity contribution in [3.8, 4) is 0 Å². The topological polar surface area (TPSA) is 29.4 Å². The fraction of sp³-hybridized carbons (Fsp3) is 0.562. The molecule has 0 aromatic heterocycles. The third-order valence-corrected chi connectivity index (χ3v) is 5.27. The van der Waals surface area contributed by atoms with Gasteiger partial charge in [0.05, 0.1) is 10.5 Å². The summed E-state index contributed by atoms with van der Waals surface area (Å²) in [6.07, 6.45) is 2.05. The predicted molar refractivity (Wildman–Crippen MR) is 83.1 cm³/mol. The van der Waals surface area contributed by atoms with Gasteiger partial charge < -0.3 is 0 Å². The summed E-state index contributed by atoms with van der Waals surface area (Å²) in [7, 11) is -1.37. The number of rotatable bonds is 3. The molecule has 0 bridgehead atoms. The second-order valence-electron chi connectivity index (χ2n) is 6.77. The molecule has 2 nitrogen and oxygen atoms in total. The minimum absolute atomic E-state index is 0.0243. The van der Waals surface area contributed by atoms with E-state index in [0.717, 1.165) is 18.4 Å². The SMILES string of the molecule is CC(=NS(=O)C(C)(C)C)c1cccc(C2(C)CC2)c1F. The largest absolute Gasteiger partial charge is 0.234 e. The van der Waals surface area contributed by atoms with E-state index in [1.807, 2.05) is 32.9 Å². The lowest BCUT2D eigenvalue weighted by Gasteiger charge is -2.16. The van der Waals surface area contributed by atoms with Crippen LogP contribution in [0.1, 0.15) is 58.6 Å². The van der Waals surface area contributed by atoms with Crippen LogP contribution in [-0.2, 0) is 16.4 Å². The highest BCUT2D eigenvalue weighted by atomic mass is 32.2. The van der Waals surface area contributed by atoms with Crippen molar-refractivity contribution in [3.05, 3.63) is 35.1 Å². The Bertz CT molecular complexity index is 583. The number of benzene rings is 1. The van der Waals surface area contributed by atoms with Crippen LogP contribution in [0.4, 0.5) is 4.39 Å². The van der Waals surface area contributed by atoms with Crippen molar-refractivity contribution >= 4 is 16.7 Å². The van der Waals surface area contributed by atoms with Crippen LogP contribution >= 0.6 is 0 Å². The van der Waals surface area contributed by atoms with Gasteiger partial charge in [-0.2, -0.15) is 4.40 Å². The van der Waals surface area contributed by atoms with E-state index in [0.29, 0.717) is 11.3 Å². The Morgan fingerprint density at radius 3 is 2.45 bits per heavy atom. The standard InChI is InChI=1S/C16H22FNOS/c1-11(18-20(19)15(2,3)4)12-7-6-8-13(14(12)17)16(5)9-10-16/h6-8H,9-10H2,1-5H3. The maximum Gasteiger partial charge on any atom is 0.145 e. The van der Waals surface area contributed by atoms with E-state index in [2.05, 4.69) is 11.3 Å². The lowest BCUT2D eigenvalue weighted by molar-refractivity contribution is 0.584. The Morgan fingerprint density at radius 2 is 1.95 bits per heavy atom. The molecule has 4 heteroatoms. The van der Waals surface area contributed by atoms with E-state index in [4.69, 9.17) is 0 Å². The van der Waals surface area contributed by atoms with Crippen LogP contribution in [0.5, 0.6) is 0 Å². The molecule has 1 fully saturated rings. The van der Waals surface area contributed by atoms with Gasteiger partial charge in [-0.3, -0.25) is 0 Å². The van der Waals surface area contributed by atoms with E-state index in [-0.39, 0.29) is 11.2 Å². The van der Waals surface area contributed by atoms with Gasteiger partial charge in [0.1, 0.15) is 16.8 Å². The van der Waals surface area contributed by atoms with Crippen molar-refractivity contribution < 1.29 is 8.60 Å². The average Bonchev–Trinajstić information content (AvgIpc) is 3.07. The highest BCUT2D eigenvalue weighted by Gasteiger charge is 2.41. The molecule has 2 rings (SSSR count). The summed E-state index contributed by atoms with van der Waals surface area (Å²) in [5.41, 5.74) is 1.70. The molecule has 1 aromatic carbocycles. The molecular weight excluding hydrogens is 273 g/mol. The molecule has 1 aliphatic carbocycles. The Kier molecular flexibility index (Phi) is 3.89. The van der Waals surface area contributed by atoms with Crippen molar-refractivity contribution in [2.24, 2.45) is 4.40 Å². The monoisotopic (exact) mass is 295 g/mol. The van der Waals surface area contributed by atoms with Gasteiger partial charge in [0.2, 0.25) is 0 Å². The first-order chi connectivity index (χ1) is 9.15. The zero-order valence-electron chi connectivity index (χ0n) is 12.8. The van der Waals surface area contributed by atoms with Crippen molar-refractivity contribution in [2.75, 3.05) is 0 Å². The van der Waals surface area contributed by atoms with Crippen LogP contribution in [0.2, 0.25) is 0 Å². The van der Waals surface area contributed by atoms with Crippen molar-refractivity contribution in [2.45, 2.75) is 57.6 Å². The van der Waals surface area contributed by atoms with Gasteiger partial charge in [-0.15, -0.1) is 0 Å². The second kappa shape index (κ2) is 5.06. The molecule has 20 heavy (non-hydrogen) atoms. The zero-order chi connectivity index (χ0) is 15.1. The average molecular weight is 295 g/mol. The molecule has 1 atom stereocenters. The number of halogens is 1. The Balaban J connectivity index is 2.39. The summed E-state index contributed by atoms with van der Waals surface area (Å²) in [4.78, 5) is 0. The molecule has 0 radical (unpaired) electrons. The number of hydrogen-bond acceptors (Lipinski definition) is 1. The van der Waals surface area contributed by atoms with Crippen LogP contribution < -0.4 is 0 Å². The Labute approximate surface area is 123 Å². The predicted octanol–water partition coefficient (Wildman–Crippen LogP) is 4.15. The molecule has 0 aliphatic heterocycles. The third kappa shape index (κ3) is 3.00. The highest BCUT2D eigenvalue weighted by Crippen LogP contribution is 2.48. The van der Waals surface area contributed by atoms with Crippen LogP contribution in [0.3, 0.4) is 0 Å². The Morgan fingerprint density at radius 1 is 1.35 bits per heavy atom. The van der Waals surface area contributed by atoms with E-state index < -0.39 is 15.7 Å². The van der Waals surface area contributed by atoms with Crippen molar-refractivity contribution in [1.82, 2.24) is 0 Å². The minimum atomic E-state index is -1.37. The van der Waals surface area contributed by atoms with Crippen LogP contribution in [-0.4, -0.2) is 14.7 Å². The van der Waals surface area contributed by atoms with Crippen LogP contribution in [0, 0.1) is 5.82 Å². The van der Waals surface area contributed by atoms with Gasteiger partial charge in [0, 0.05) is 5.56 Å². The molecule has 1 saturated carbocycles. The summed E-state index contributed by atoms with van der Waals surface area (Å²) in [6, 6.07) is 5.42. The maximum absolute atomic E-state index is 14.6. The van der Waals surface area contributed by atoms with E-state index in [1.165, 1.54) is 0 Å². The summed E-state index contributed by atoms with van der Waals surface area (Å²) in [6.45, 7) is 9.38. The maximum atomic E-state index is 14.6. The van der Waals surface area contributed by atoms with Gasteiger partial charge in [-0.25, -0.2) is 8.60 Å². The number of nitrogens with zero attached hydrogens (tertiary/aromatic N) is 1. The van der Waals surface area contributed by atoms with E-state index in [1.54, 1.807) is 13.0 Å². The molecular formula is C16H22FNOS. The van der Waals surface area contributed by atoms with Gasteiger partial charge >= 0.3 is 0 Å². The minimum Gasteiger partial charge on any atom is -0.234 e. The molecule has 0 saturated heterocycles. The smallest absolute Gasteiger partial charge is 0.145 e. The lowest BCUT2D eigenvalue weighted by atomic mass is 9.94. The first kappa shape index (κ1) is 15.4. The van der Waals surface area contributed by atoms with Crippen molar-refractivity contribution in [3.63, 3.8) is 0 Å². The molecule has 0 heterocycles. The summed E-state index contributed by atoms with van der Waals surface area (Å²) >= 11 is 0. The molecule has 0 spiro atoms. The molecule has 1 aliphatic rings. The summed E-state index contributed by atoms with van der Waals surface area (Å²) in [5.74, 6) is -0.209. The van der Waals surface area contributed by atoms with E-state index >= 15 is 0 Å². The lowest BCUT2D eigenvalue weighted by Crippen LogP contribution is -2.21.